The Morgan fingerprint density at radius 2 is 1.73 bits per heavy atom. The lowest BCUT2D eigenvalue weighted by molar-refractivity contribution is 0.130. The van der Waals surface area contributed by atoms with E-state index in [0.29, 0.717) is 12.3 Å². The van der Waals surface area contributed by atoms with Crippen LogP contribution in [0.15, 0.2) is 82.7 Å². The van der Waals surface area contributed by atoms with Crippen LogP contribution < -0.4 is 10.4 Å². The third-order valence-corrected chi connectivity index (χ3v) is 5.19. The monoisotopic (exact) mass is 443 g/mol. The average Bonchev–Trinajstić information content (AvgIpc) is 3.17. The van der Waals surface area contributed by atoms with Gasteiger partial charge in [-0.2, -0.15) is 9.36 Å². The van der Waals surface area contributed by atoms with Crippen LogP contribution in [-0.2, 0) is 25.1 Å². The van der Waals surface area contributed by atoms with E-state index in [1.807, 2.05) is 86.6 Å². The molecule has 3 aromatic carbocycles. The predicted octanol–water partition coefficient (Wildman–Crippen LogP) is 3.79. The van der Waals surface area contributed by atoms with Gasteiger partial charge in [-0.05, 0) is 65.2 Å². The third-order valence-electron chi connectivity index (χ3n) is 5.19. The van der Waals surface area contributed by atoms with Gasteiger partial charge < -0.3 is 9.57 Å². The predicted molar refractivity (Wildman–Crippen MR) is 126 cm³/mol. The molecule has 0 saturated heterocycles. The highest BCUT2D eigenvalue weighted by Gasteiger charge is 2.12. The van der Waals surface area contributed by atoms with E-state index in [4.69, 9.17) is 9.57 Å². The van der Waals surface area contributed by atoms with Crippen LogP contribution in [0.2, 0.25) is 0 Å². The molecule has 0 saturated carbocycles. The molecule has 1 heterocycles. The van der Waals surface area contributed by atoms with Crippen LogP contribution in [0.25, 0.3) is 5.69 Å². The van der Waals surface area contributed by atoms with E-state index in [-0.39, 0.29) is 12.3 Å². The van der Waals surface area contributed by atoms with E-state index in [1.165, 1.54) is 9.36 Å². The molecule has 0 spiro atoms. The minimum absolute atomic E-state index is 0.284. The lowest BCUT2D eigenvalue weighted by Gasteiger charge is -2.13. The van der Waals surface area contributed by atoms with Crippen molar-refractivity contribution in [2.24, 2.45) is 12.2 Å². The average molecular weight is 444 g/mol. The fourth-order valence-corrected chi connectivity index (χ4v) is 3.33. The number of aryl methyl sites for hydroxylation is 2. The van der Waals surface area contributed by atoms with Crippen LogP contribution in [0.3, 0.4) is 0 Å². The molecule has 0 N–H and O–H groups in total. The van der Waals surface area contributed by atoms with Crippen molar-refractivity contribution in [2.45, 2.75) is 27.1 Å². The number of benzene rings is 3. The molecule has 8 nitrogen and oxygen atoms in total. The summed E-state index contributed by atoms with van der Waals surface area (Å²) in [6.07, 6.45) is 0. The number of aromatic nitrogens is 4. The molecule has 4 rings (SSSR count). The Kier molecular flexibility index (Phi) is 6.64. The van der Waals surface area contributed by atoms with E-state index in [2.05, 4.69) is 15.6 Å². The van der Waals surface area contributed by atoms with E-state index >= 15 is 0 Å². The molecule has 0 aliphatic carbocycles. The Hall–Kier alpha value is -4.20. The van der Waals surface area contributed by atoms with Gasteiger partial charge in [0.2, 0.25) is 0 Å². The van der Waals surface area contributed by atoms with Gasteiger partial charge in [0.25, 0.3) is 0 Å². The number of para-hydroxylation sites is 1. The second kappa shape index (κ2) is 9.95. The van der Waals surface area contributed by atoms with E-state index in [1.54, 1.807) is 7.05 Å². The minimum Gasteiger partial charge on any atom is -0.489 e. The second-order valence-electron chi connectivity index (χ2n) is 7.63. The Balaban J connectivity index is 1.44. The second-order valence-corrected chi connectivity index (χ2v) is 7.63. The van der Waals surface area contributed by atoms with Crippen LogP contribution >= 0.6 is 0 Å². The summed E-state index contributed by atoms with van der Waals surface area (Å²) in [4.78, 5) is 17.7. The summed E-state index contributed by atoms with van der Waals surface area (Å²) in [6, 6.07) is 23.3. The first-order valence-corrected chi connectivity index (χ1v) is 10.5. The van der Waals surface area contributed by atoms with Crippen LogP contribution in [0, 0.1) is 6.92 Å². The van der Waals surface area contributed by atoms with Crippen molar-refractivity contribution in [1.29, 1.82) is 0 Å². The standard InChI is InChI=1S/C25H25N5O3/c1-18-15-21(19(2)26-33-16-20-9-5-4-6-10-20)13-14-24(18)32-17-22-11-7-8-12-23(22)30-25(31)29(3)27-28-30/h4-15H,16-17H2,1-3H3. The molecular weight excluding hydrogens is 418 g/mol. The Morgan fingerprint density at radius 3 is 2.45 bits per heavy atom. The van der Waals surface area contributed by atoms with Gasteiger partial charge in [0.1, 0.15) is 19.0 Å². The molecule has 0 aliphatic rings. The summed E-state index contributed by atoms with van der Waals surface area (Å²) >= 11 is 0. The van der Waals surface area contributed by atoms with Gasteiger partial charge in [-0.15, -0.1) is 0 Å². The molecule has 0 fully saturated rings. The Bertz CT molecular complexity index is 1330. The van der Waals surface area contributed by atoms with E-state index < -0.39 is 0 Å². The maximum Gasteiger partial charge on any atom is 0.368 e. The lowest BCUT2D eigenvalue weighted by atomic mass is 10.1. The zero-order valence-corrected chi connectivity index (χ0v) is 18.8. The Morgan fingerprint density at radius 1 is 0.970 bits per heavy atom. The molecule has 168 valence electrons. The van der Waals surface area contributed by atoms with Crippen molar-refractivity contribution in [3.05, 3.63) is 106 Å². The number of oxime groups is 1. The van der Waals surface area contributed by atoms with Crippen molar-refractivity contribution in [3.8, 4) is 11.4 Å². The largest absolute Gasteiger partial charge is 0.489 e. The molecule has 0 bridgehead atoms. The molecular formula is C25H25N5O3. The van der Waals surface area contributed by atoms with Gasteiger partial charge in [0, 0.05) is 12.6 Å². The number of tetrazole rings is 1. The van der Waals surface area contributed by atoms with E-state index in [9.17, 15) is 4.79 Å². The van der Waals surface area contributed by atoms with Crippen LogP contribution in [0.5, 0.6) is 5.75 Å². The molecule has 0 aliphatic heterocycles. The maximum atomic E-state index is 12.2. The normalized spacial score (nSPS) is 11.4. The summed E-state index contributed by atoms with van der Waals surface area (Å²) in [6.45, 7) is 4.60. The van der Waals surface area contributed by atoms with Gasteiger partial charge in [0.15, 0.2) is 0 Å². The van der Waals surface area contributed by atoms with Crippen molar-refractivity contribution in [3.63, 3.8) is 0 Å². The molecule has 8 heteroatoms. The molecule has 1 aromatic heterocycles. The van der Waals surface area contributed by atoms with Crippen molar-refractivity contribution >= 4 is 5.71 Å². The fourth-order valence-electron chi connectivity index (χ4n) is 3.33. The number of hydrogen-bond donors (Lipinski definition) is 0. The van der Waals surface area contributed by atoms with Gasteiger partial charge in [-0.3, -0.25) is 0 Å². The van der Waals surface area contributed by atoms with Crippen LogP contribution in [0.4, 0.5) is 0 Å². The van der Waals surface area contributed by atoms with E-state index in [0.717, 1.165) is 33.7 Å². The summed E-state index contributed by atoms with van der Waals surface area (Å²) in [5.41, 5.74) is 4.94. The highest BCUT2D eigenvalue weighted by Crippen LogP contribution is 2.22. The van der Waals surface area contributed by atoms with Gasteiger partial charge in [-0.25, -0.2) is 4.79 Å². The van der Waals surface area contributed by atoms with Gasteiger partial charge in [-0.1, -0.05) is 53.7 Å². The zero-order valence-electron chi connectivity index (χ0n) is 18.8. The zero-order chi connectivity index (χ0) is 23.2. The smallest absolute Gasteiger partial charge is 0.368 e. The highest BCUT2D eigenvalue weighted by atomic mass is 16.6. The fraction of sp³-hybridized carbons (Fsp3) is 0.200. The third kappa shape index (κ3) is 5.17. The molecule has 0 atom stereocenters. The van der Waals surface area contributed by atoms with Crippen LogP contribution in [-0.4, -0.2) is 25.5 Å². The first kappa shape index (κ1) is 22.0. The molecule has 4 aromatic rings. The molecule has 0 radical (unpaired) electrons. The minimum atomic E-state index is -0.313. The lowest BCUT2D eigenvalue weighted by Crippen LogP contribution is -2.23. The van der Waals surface area contributed by atoms with Gasteiger partial charge >= 0.3 is 5.69 Å². The summed E-state index contributed by atoms with van der Waals surface area (Å²) in [5, 5.41) is 12.0. The molecule has 0 unspecified atom stereocenters. The van der Waals surface area contributed by atoms with Crippen LogP contribution in [0.1, 0.15) is 29.2 Å². The summed E-state index contributed by atoms with van der Waals surface area (Å²) < 4.78 is 8.52. The number of rotatable bonds is 8. The summed E-state index contributed by atoms with van der Waals surface area (Å²) in [5.74, 6) is 0.748. The first-order valence-electron chi connectivity index (χ1n) is 10.5. The topological polar surface area (TPSA) is 83.5 Å². The summed E-state index contributed by atoms with van der Waals surface area (Å²) in [7, 11) is 1.56. The Labute approximate surface area is 191 Å². The number of ether oxygens (including phenoxy) is 1. The van der Waals surface area contributed by atoms with Gasteiger partial charge in [0.05, 0.1) is 11.4 Å². The first-order chi connectivity index (χ1) is 16.0. The number of nitrogens with zero attached hydrogens (tertiary/aromatic N) is 5. The number of hydrogen-bond acceptors (Lipinski definition) is 6. The molecule has 33 heavy (non-hydrogen) atoms. The SMILES string of the molecule is CC(=NOCc1ccccc1)c1ccc(OCc2ccccc2-n2nnn(C)c2=O)c(C)c1. The van der Waals surface area contributed by atoms with Crippen molar-refractivity contribution in [2.75, 3.05) is 0 Å². The van der Waals surface area contributed by atoms with Crippen molar-refractivity contribution in [1.82, 2.24) is 19.8 Å². The quantitative estimate of drug-likeness (QED) is 0.306. The highest BCUT2D eigenvalue weighted by molar-refractivity contribution is 5.98. The van der Waals surface area contributed by atoms with Crippen molar-refractivity contribution < 1.29 is 9.57 Å². The molecule has 0 amide bonds. The maximum absolute atomic E-state index is 12.2.